The topological polar surface area (TPSA) is 12.0 Å². The molecule has 18 heavy (non-hydrogen) atoms. The highest BCUT2D eigenvalue weighted by Crippen LogP contribution is 2.20. The van der Waals surface area contributed by atoms with Crippen LogP contribution in [0, 0.1) is 17.5 Å². The number of halogens is 4. The third-order valence-electron chi connectivity index (χ3n) is 2.43. The number of hydrogen-bond donors (Lipinski definition) is 1. The number of hydrogen-bond acceptors (Lipinski definition) is 1. The molecule has 2 rings (SSSR count). The lowest BCUT2D eigenvalue weighted by Gasteiger charge is -2.08. The van der Waals surface area contributed by atoms with Gasteiger partial charge in [0.2, 0.25) is 0 Å². The van der Waals surface area contributed by atoms with Crippen LogP contribution in [0.2, 0.25) is 5.02 Å². The van der Waals surface area contributed by atoms with Crippen molar-refractivity contribution in [3.8, 4) is 0 Å². The first-order valence-corrected chi connectivity index (χ1v) is 5.57. The van der Waals surface area contributed by atoms with E-state index in [1.54, 1.807) is 24.3 Å². The molecule has 0 bridgehead atoms. The molecule has 94 valence electrons. The molecule has 5 heteroatoms. The summed E-state index contributed by atoms with van der Waals surface area (Å²) in [7, 11) is 0. The minimum absolute atomic E-state index is 0.0798. The fraction of sp³-hybridized carbons (Fsp3) is 0.0769. The molecule has 0 unspecified atom stereocenters. The first-order valence-electron chi connectivity index (χ1n) is 5.20. The smallest absolute Gasteiger partial charge is 0.196 e. The van der Waals surface area contributed by atoms with E-state index in [0.29, 0.717) is 11.6 Å². The summed E-state index contributed by atoms with van der Waals surface area (Å²) in [5.74, 6) is -3.90. The van der Waals surface area contributed by atoms with Gasteiger partial charge in [0.25, 0.3) is 0 Å². The monoisotopic (exact) mass is 271 g/mol. The molecule has 1 N–H and O–H groups in total. The number of anilines is 1. The Morgan fingerprint density at radius 1 is 0.889 bits per heavy atom. The van der Waals surface area contributed by atoms with Gasteiger partial charge in [0.15, 0.2) is 17.5 Å². The second kappa shape index (κ2) is 5.31. The highest BCUT2D eigenvalue weighted by molar-refractivity contribution is 6.30. The summed E-state index contributed by atoms with van der Waals surface area (Å²) >= 11 is 5.72. The average Bonchev–Trinajstić information content (AvgIpc) is 2.37. The summed E-state index contributed by atoms with van der Waals surface area (Å²) in [5.41, 5.74) is 0.771. The molecule has 0 aliphatic heterocycles. The Hall–Kier alpha value is -1.68. The van der Waals surface area contributed by atoms with E-state index in [1.807, 2.05) is 0 Å². The molecule has 0 aliphatic rings. The first kappa shape index (κ1) is 12.8. The maximum Gasteiger partial charge on any atom is 0.196 e. The Labute approximate surface area is 107 Å². The Bertz CT molecular complexity index is 555. The number of nitrogens with one attached hydrogen (secondary N) is 1. The van der Waals surface area contributed by atoms with Crippen molar-refractivity contribution >= 4 is 17.3 Å². The summed E-state index contributed by atoms with van der Waals surface area (Å²) in [6.07, 6.45) is 0. The van der Waals surface area contributed by atoms with Gasteiger partial charge < -0.3 is 5.32 Å². The Morgan fingerprint density at radius 3 is 2.22 bits per heavy atom. The molecule has 2 aromatic rings. The maximum absolute atomic E-state index is 13.3. The lowest BCUT2D eigenvalue weighted by Crippen LogP contribution is -2.03. The van der Waals surface area contributed by atoms with Gasteiger partial charge >= 0.3 is 0 Å². The van der Waals surface area contributed by atoms with E-state index in [9.17, 15) is 13.2 Å². The van der Waals surface area contributed by atoms with E-state index in [4.69, 9.17) is 11.6 Å². The van der Waals surface area contributed by atoms with Gasteiger partial charge in [-0.05, 0) is 29.8 Å². The van der Waals surface area contributed by atoms with Gasteiger partial charge in [-0.3, -0.25) is 0 Å². The summed E-state index contributed by atoms with van der Waals surface area (Å²) in [5, 5.41) is 3.29. The number of rotatable bonds is 3. The highest BCUT2D eigenvalue weighted by Gasteiger charge is 2.12. The Morgan fingerprint density at radius 2 is 1.56 bits per heavy atom. The molecule has 0 aromatic heterocycles. The molecule has 0 amide bonds. The fourth-order valence-corrected chi connectivity index (χ4v) is 1.59. The van der Waals surface area contributed by atoms with Crippen LogP contribution in [0.3, 0.4) is 0 Å². The van der Waals surface area contributed by atoms with E-state index < -0.39 is 17.5 Å². The van der Waals surface area contributed by atoms with Crippen molar-refractivity contribution in [3.63, 3.8) is 0 Å². The zero-order valence-electron chi connectivity index (χ0n) is 9.18. The minimum Gasteiger partial charge on any atom is -0.379 e. The van der Waals surface area contributed by atoms with Crippen molar-refractivity contribution in [3.05, 3.63) is 64.4 Å². The van der Waals surface area contributed by atoms with Crippen molar-refractivity contribution in [2.45, 2.75) is 6.54 Å². The van der Waals surface area contributed by atoms with Crippen LogP contribution < -0.4 is 5.32 Å². The summed E-state index contributed by atoms with van der Waals surface area (Å²) in [6, 6.07) is 8.94. The van der Waals surface area contributed by atoms with E-state index in [-0.39, 0.29) is 5.69 Å². The highest BCUT2D eigenvalue weighted by atomic mass is 35.5. The van der Waals surface area contributed by atoms with Crippen LogP contribution in [-0.2, 0) is 6.54 Å². The van der Waals surface area contributed by atoms with Crippen LogP contribution in [0.5, 0.6) is 0 Å². The summed E-state index contributed by atoms with van der Waals surface area (Å²) in [4.78, 5) is 0. The van der Waals surface area contributed by atoms with Crippen LogP contribution in [0.1, 0.15) is 5.56 Å². The van der Waals surface area contributed by atoms with Crippen LogP contribution in [-0.4, -0.2) is 0 Å². The average molecular weight is 272 g/mol. The largest absolute Gasteiger partial charge is 0.379 e. The minimum atomic E-state index is -1.48. The first-order chi connectivity index (χ1) is 8.58. The maximum atomic E-state index is 13.3. The van der Waals surface area contributed by atoms with Gasteiger partial charge in [-0.2, -0.15) is 0 Å². The van der Waals surface area contributed by atoms with Crippen LogP contribution in [0.4, 0.5) is 18.9 Å². The Balaban J connectivity index is 2.11. The predicted octanol–water partition coefficient (Wildman–Crippen LogP) is 4.37. The molecule has 0 radical (unpaired) electrons. The molecule has 2 aromatic carbocycles. The molecule has 0 heterocycles. The molecule has 1 nitrogen and oxygen atoms in total. The van der Waals surface area contributed by atoms with E-state index in [1.165, 1.54) is 0 Å². The van der Waals surface area contributed by atoms with Crippen LogP contribution >= 0.6 is 11.6 Å². The second-order valence-corrected chi connectivity index (χ2v) is 4.14. The molecule has 0 aliphatic carbocycles. The third kappa shape index (κ3) is 2.76. The molecule has 0 saturated heterocycles. The van der Waals surface area contributed by atoms with E-state index in [0.717, 1.165) is 17.7 Å². The van der Waals surface area contributed by atoms with Crippen molar-refractivity contribution < 1.29 is 13.2 Å². The lowest BCUT2D eigenvalue weighted by atomic mass is 10.2. The van der Waals surface area contributed by atoms with Gasteiger partial charge in [-0.1, -0.05) is 23.7 Å². The zero-order valence-corrected chi connectivity index (χ0v) is 9.94. The predicted molar refractivity (Wildman–Crippen MR) is 65.1 cm³/mol. The van der Waals surface area contributed by atoms with Gasteiger partial charge in [0, 0.05) is 11.6 Å². The Kier molecular flexibility index (Phi) is 3.77. The van der Waals surface area contributed by atoms with Crippen LogP contribution in [0.15, 0.2) is 36.4 Å². The van der Waals surface area contributed by atoms with E-state index in [2.05, 4.69) is 5.32 Å². The molecule has 0 fully saturated rings. The van der Waals surface area contributed by atoms with Gasteiger partial charge in [-0.15, -0.1) is 0 Å². The normalized spacial score (nSPS) is 10.4. The van der Waals surface area contributed by atoms with Crippen molar-refractivity contribution in [2.75, 3.05) is 5.32 Å². The van der Waals surface area contributed by atoms with Crippen LogP contribution in [0.25, 0.3) is 0 Å². The molecular weight excluding hydrogens is 263 g/mol. The van der Waals surface area contributed by atoms with Crippen molar-refractivity contribution in [1.82, 2.24) is 0 Å². The molecular formula is C13H9ClF3N. The van der Waals surface area contributed by atoms with E-state index >= 15 is 0 Å². The van der Waals surface area contributed by atoms with Gasteiger partial charge in [-0.25, -0.2) is 13.2 Å². The van der Waals surface area contributed by atoms with Crippen molar-refractivity contribution in [1.29, 1.82) is 0 Å². The second-order valence-electron chi connectivity index (χ2n) is 3.70. The fourth-order valence-electron chi connectivity index (χ4n) is 1.46. The van der Waals surface area contributed by atoms with Gasteiger partial charge in [0.05, 0.1) is 5.69 Å². The number of benzene rings is 2. The van der Waals surface area contributed by atoms with Crippen molar-refractivity contribution in [2.24, 2.45) is 0 Å². The SMILES string of the molecule is Fc1ccc(NCc2ccc(Cl)cc2)c(F)c1F. The van der Waals surface area contributed by atoms with Gasteiger partial charge in [0.1, 0.15) is 0 Å². The molecule has 0 saturated carbocycles. The quantitative estimate of drug-likeness (QED) is 0.818. The summed E-state index contributed by atoms with van der Waals surface area (Å²) < 4.78 is 39.0. The standard InChI is InChI=1S/C13H9ClF3N/c14-9-3-1-8(2-4-9)7-18-11-6-5-10(15)12(16)13(11)17/h1-6,18H,7H2. The lowest BCUT2D eigenvalue weighted by molar-refractivity contribution is 0.449. The summed E-state index contributed by atoms with van der Waals surface area (Å²) in [6.45, 7) is 0.291. The zero-order chi connectivity index (χ0) is 13.1. The molecule has 0 spiro atoms. The molecule has 0 atom stereocenters. The third-order valence-corrected chi connectivity index (χ3v) is 2.68.